The van der Waals surface area contributed by atoms with Crippen LogP contribution < -0.4 is 15.4 Å². The number of rotatable bonds is 7. The van der Waals surface area contributed by atoms with Gasteiger partial charge in [-0.2, -0.15) is 0 Å². The van der Waals surface area contributed by atoms with Crippen molar-refractivity contribution in [2.24, 2.45) is 5.41 Å². The molecule has 0 saturated heterocycles. The molecule has 0 unspecified atom stereocenters. The van der Waals surface area contributed by atoms with Gasteiger partial charge in [0.15, 0.2) is 0 Å². The maximum atomic E-state index is 5.37. The third kappa shape index (κ3) is 3.46. The first kappa shape index (κ1) is 13.8. The SMILES string of the molecule is CNCC1(CNCc2cc(Br)ccc2OC)CC1. The van der Waals surface area contributed by atoms with Crippen LogP contribution in [0.15, 0.2) is 22.7 Å². The van der Waals surface area contributed by atoms with E-state index >= 15 is 0 Å². The van der Waals surface area contributed by atoms with Crippen molar-refractivity contribution in [3.63, 3.8) is 0 Å². The zero-order chi connectivity index (χ0) is 13.0. The summed E-state index contributed by atoms with van der Waals surface area (Å²) in [6.45, 7) is 3.03. The van der Waals surface area contributed by atoms with Crippen LogP contribution in [0, 0.1) is 5.41 Å². The number of hydrogen-bond acceptors (Lipinski definition) is 3. The fourth-order valence-electron chi connectivity index (χ4n) is 2.32. The Bertz CT molecular complexity index is 405. The van der Waals surface area contributed by atoms with E-state index in [9.17, 15) is 0 Å². The van der Waals surface area contributed by atoms with E-state index in [0.29, 0.717) is 5.41 Å². The van der Waals surface area contributed by atoms with Gasteiger partial charge < -0.3 is 15.4 Å². The zero-order valence-corrected chi connectivity index (χ0v) is 12.6. The number of ether oxygens (including phenoxy) is 1. The Labute approximate surface area is 117 Å². The molecular formula is C14H21BrN2O. The van der Waals surface area contributed by atoms with E-state index < -0.39 is 0 Å². The van der Waals surface area contributed by atoms with Gasteiger partial charge in [-0.25, -0.2) is 0 Å². The second-order valence-electron chi connectivity index (χ2n) is 5.09. The Balaban J connectivity index is 1.88. The predicted octanol–water partition coefficient (Wildman–Crippen LogP) is 2.55. The van der Waals surface area contributed by atoms with Crippen molar-refractivity contribution >= 4 is 15.9 Å². The molecule has 1 fully saturated rings. The van der Waals surface area contributed by atoms with E-state index in [0.717, 1.165) is 29.9 Å². The zero-order valence-electron chi connectivity index (χ0n) is 11.1. The number of hydrogen-bond donors (Lipinski definition) is 2. The Hall–Kier alpha value is -0.580. The lowest BCUT2D eigenvalue weighted by molar-refractivity contribution is 0.401. The molecule has 1 aliphatic carbocycles. The molecule has 2 N–H and O–H groups in total. The van der Waals surface area contributed by atoms with Crippen LogP contribution in [0.25, 0.3) is 0 Å². The van der Waals surface area contributed by atoms with Crippen molar-refractivity contribution in [3.05, 3.63) is 28.2 Å². The first-order chi connectivity index (χ1) is 8.69. The van der Waals surface area contributed by atoms with Crippen LogP contribution in [0.2, 0.25) is 0 Å². The number of nitrogens with one attached hydrogen (secondary N) is 2. The van der Waals surface area contributed by atoms with Gasteiger partial charge in [0.1, 0.15) is 5.75 Å². The van der Waals surface area contributed by atoms with Crippen molar-refractivity contribution < 1.29 is 4.74 Å². The second-order valence-corrected chi connectivity index (χ2v) is 6.01. The van der Waals surface area contributed by atoms with Crippen molar-refractivity contribution in [3.8, 4) is 5.75 Å². The normalized spacial score (nSPS) is 16.6. The van der Waals surface area contributed by atoms with Crippen LogP contribution in [0.4, 0.5) is 0 Å². The van der Waals surface area contributed by atoms with Gasteiger partial charge in [-0.3, -0.25) is 0 Å². The number of methoxy groups -OCH3 is 1. The predicted molar refractivity (Wildman–Crippen MR) is 78.0 cm³/mol. The summed E-state index contributed by atoms with van der Waals surface area (Å²) >= 11 is 3.50. The topological polar surface area (TPSA) is 33.3 Å². The molecule has 1 aromatic rings. The molecule has 1 aliphatic rings. The molecule has 0 radical (unpaired) electrons. The van der Waals surface area contributed by atoms with Crippen LogP contribution in [0.3, 0.4) is 0 Å². The molecule has 0 heterocycles. The quantitative estimate of drug-likeness (QED) is 0.812. The Morgan fingerprint density at radius 2 is 2.11 bits per heavy atom. The van der Waals surface area contributed by atoms with Crippen LogP contribution in [0.1, 0.15) is 18.4 Å². The van der Waals surface area contributed by atoms with Gasteiger partial charge in [-0.05, 0) is 43.5 Å². The number of benzene rings is 1. The first-order valence-electron chi connectivity index (χ1n) is 6.37. The molecule has 0 bridgehead atoms. The lowest BCUT2D eigenvalue weighted by Gasteiger charge is -2.16. The second kappa shape index (κ2) is 6.04. The highest BCUT2D eigenvalue weighted by Crippen LogP contribution is 2.44. The Kier molecular flexibility index (Phi) is 4.65. The summed E-state index contributed by atoms with van der Waals surface area (Å²) in [6.07, 6.45) is 2.66. The largest absolute Gasteiger partial charge is 0.496 e. The van der Waals surface area contributed by atoms with E-state index in [1.165, 1.54) is 18.4 Å². The smallest absolute Gasteiger partial charge is 0.123 e. The van der Waals surface area contributed by atoms with Crippen LogP contribution in [0.5, 0.6) is 5.75 Å². The van der Waals surface area contributed by atoms with Crippen molar-refractivity contribution in [1.82, 2.24) is 10.6 Å². The van der Waals surface area contributed by atoms with Gasteiger partial charge in [0, 0.05) is 29.7 Å². The average Bonchev–Trinajstić information content (AvgIpc) is 3.10. The lowest BCUT2D eigenvalue weighted by atomic mass is 10.1. The molecule has 0 atom stereocenters. The molecule has 18 heavy (non-hydrogen) atoms. The van der Waals surface area contributed by atoms with Crippen LogP contribution >= 0.6 is 15.9 Å². The van der Waals surface area contributed by atoms with E-state index in [4.69, 9.17) is 4.74 Å². The van der Waals surface area contributed by atoms with Gasteiger partial charge in [0.25, 0.3) is 0 Å². The summed E-state index contributed by atoms with van der Waals surface area (Å²) in [5, 5.41) is 6.83. The lowest BCUT2D eigenvalue weighted by Crippen LogP contribution is -2.31. The van der Waals surface area contributed by atoms with Crippen molar-refractivity contribution in [2.45, 2.75) is 19.4 Å². The molecule has 0 aliphatic heterocycles. The van der Waals surface area contributed by atoms with E-state index in [1.807, 2.05) is 19.2 Å². The minimum Gasteiger partial charge on any atom is -0.496 e. The highest BCUT2D eigenvalue weighted by Gasteiger charge is 2.41. The minimum absolute atomic E-state index is 0.494. The summed E-state index contributed by atoms with van der Waals surface area (Å²) in [7, 11) is 3.74. The molecule has 1 saturated carbocycles. The molecule has 0 aromatic heterocycles. The fraction of sp³-hybridized carbons (Fsp3) is 0.571. The summed E-state index contributed by atoms with van der Waals surface area (Å²) in [6, 6.07) is 6.12. The maximum Gasteiger partial charge on any atom is 0.123 e. The summed E-state index contributed by atoms with van der Waals surface area (Å²) in [5.74, 6) is 0.948. The Morgan fingerprint density at radius 3 is 2.72 bits per heavy atom. The fourth-order valence-corrected chi connectivity index (χ4v) is 2.72. The van der Waals surface area contributed by atoms with Crippen LogP contribution in [-0.2, 0) is 6.54 Å². The third-order valence-corrected chi connectivity index (χ3v) is 4.06. The van der Waals surface area contributed by atoms with Crippen LogP contribution in [-0.4, -0.2) is 27.2 Å². The van der Waals surface area contributed by atoms with E-state index in [2.05, 4.69) is 32.6 Å². The first-order valence-corrected chi connectivity index (χ1v) is 7.16. The highest BCUT2D eigenvalue weighted by atomic mass is 79.9. The monoisotopic (exact) mass is 312 g/mol. The summed E-state index contributed by atoms with van der Waals surface area (Å²) < 4.78 is 6.47. The molecule has 2 rings (SSSR count). The van der Waals surface area contributed by atoms with Gasteiger partial charge in [0.2, 0.25) is 0 Å². The highest BCUT2D eigenvalue weighted by molar-refractivity contribution is 9.10. The molecule has 0 amide bonds. The average molecular weight is 313 g/mol. The maximum absolute atomic E-state index is 5.37. The molecule has 3 nitrogen and oxygen atoms in total. The summed E-state index contributed by atoms with van der Waals surface area (Å²) in [4.78, 5) is 0. The third-order valence-electron chi connectivity index (χ3n) is 3.57. The van der Waals surface area contributed by atoms with Gasteiger partial charge >= 0.3 is 0 Å². The number of halogens is 1. The van der Waals surface area contributed by atoms with E-state index in [-0.39, 0.29) is 0 Å². The molecular weight excluding hydrogens is 292 g/mol. The molecule has 0 spiro atoms. The molecule has 100 valence electrons. The minimum atomic E-state index is 0.494. The van der Waals surface area contributed by atoms with Crippen molar-refractivity contribution in [1.29, 1.82) is 0 Å². The standard InChI is InChI=1S/C14H21BrN2O/c1-16-9-14(5-6-14)10-17-8-11-7-12(15)3-4-13(11)18-2/h3-4,7,16-17H,5-6,8-10H2,1-2H3. The van der Waals surface area contributed by atoms with Crippen molar-refractivity contribution in [2.75, 3.05) is 27.2 Å². The van der Waals surface area contributed by atoms with Gasteiger partial charge in [0.05, 0.1) is 7.11 Å². The Morgan fingerprint density at radius 1 is 1.33 bits per heavy atom. The van der Waals surface area contributed by atoms with Gasteiger partial charge in [-0.1, -0.05) is 15.9 Å². The molecule has 4 heteroatoms. The van der Waals surface area contributed by atoms with E-state index in [1.54, 1.807) is 7.11 Å². The molecule has 1 aromatic carbocycles. The summed E-state index contributed by atoms with van der Waals surface area (Å²) in [5.41, 5.74) is 1.70. The van der Waals surface area contributed by atoms with Gasteiger partial charge in [-0.15, -0.1) is 0 Å².